The summed E-state index contributed by atoms with van der Waals surface area (Å²) in [6.07, 6.45) is 2.10. The van der Waals surface area contributed by atoms with Crippen LogP contribution in [0.2, 0.25) is 0 Å². The lowest BCUT2D eigenvalue weighted by Gasteiger charge is -2.14. The third-order valence-electron chi connectivity index (χ3n) is 5.71. The highest BCUT2D eigenvalue weighted by atomic mass is 127. The summed E-state index contributed by atoms with van der Waals surface area (Å²) in [5, 5.41) is 9.33. The molecule has 3 aromatic carbocycles. The minimum Gasteiger partial charge on any atom is -0.493 e. The number of carbonyl (C=O) groups is 3. The summed E-state index contributed by atoms with van der Waals surface area (Å²) in [5.41, 5.74) is 7.12. The third kappa shape index (κ3) is 7.54. The molecule has 0 aliphatic heterocycles. The zero-order chi connectivity index (χ0) is 27.7. The minimum atomic E-state index is -0.899. The van der Waals surface area contributed by atoms with Gasteiger partial charge in [-0.2, -0.15) is 5.10 Å². The fourth-order valence-electron chi connectivity index (χ4n) is 3.51. The van der Waals surface area contributed by atoms with Gasteiger partial charge in [-0.1, -0.05) is 37.3 Å². The molecule has 3 N–H and O–H groups in total. The Labute approximate surface area is 235 Å². The summed E-state index contributed by atoms with van der Waals surface area (Å²) in [6.45, 7) is 5.67. The molecule has 0 atom stereocenters. The number of carbonyl (C=O) groups excluding carboxylic acids is 3. The molecule has 10 heteroatoms. The van der Waals surface area contributed by atoms with E-state index in [1.165, 1.54) is 13.3 Å². The molecule has 3 rings (SSSR count). The normalized spacial score (nSPS) is 10.7. The number of nitrogens with one attached hydrogen (secondary N) is 3. The van der Waals surface area contributed by atoms with Crippen molar-refractivity contribution in [2.75, 3.05) is 24.4 Å². The Balaban J connectivity index is 1.60. The van der Waals surface area contributed by atoms with Crippen LogP contribution in [0.5, 0.6) is 11.5 Å². The van der Waals surface area contributed by atoms with E-state index in [0.29, 0.717) is 32.7 Å². The van der Waals surface area contributed by atoms with Crippen LogP contribution in [-0.2, 0) is 20.8 Å². The van der Waals surface area contributed by atoms with Crippen molar-refractivity contribution in [3.05, 3.63) is 80.4 Å². The second-order valence-electron chi connectivity index (χ2n) is 8.28. The molecule has 0 aromatic heterocycles. The molecule has 3 amide bonds. The maximum atomic E-state index is 12.5. The molecule has 3 aromatic rings. The van der Waals surface area contributed by atoms with Gasteiger partial charge in [0.2, 0.25) is 0 Å². The van der Waals surface area contributed by atoms with Crippen molar-refractivity contribution in [2.45, 2.75) is 27.2 Å². The molecule has 0 spiro atoms. The van der Waals surface area contributed by atoms with Gasteiger partial charge < -0.3 is 20.1 Å². The number of ether oxygens (including phenoxy) is 2. The van der Waals surface area contributed by atoms with Crippen molar-refractivity contribution in [3.8, 4) is 11.5 Å². The number of anilines is 2. The Morgan fingerprint density at radius 2 is 1.71 bits per heavy atom. The molecular weight excluding hydrogens is 599 g/mol. The fraction of sp³-hybridized carbons (Fsp3) is 0.214. The van der Waals surface area contributed by atoms with Gasteiger partial charge in [0.15, 0.2) is 18.1 Å². The van der Waals surface area contributed by atoms with E-state index in [2.05, 4.69) is 43.8 Å². The number of rotatable bonds is 9. The van der Waals surface area contributed by atoms with Crippen LogP contribution in [0.1, 0.15) is 29.2 Å². The first-order chi connectivity index (χ1) is 18.2. The Morgan fingerprint density at radius 3 is 2.45 bits per heavy atom. The maximum absolute atomic E-state index is 12.5. The van der Waals surface area contributed by atoms with Crippen LogP contribution in [0, 0.1) is 17.4 Å². The van der Waals surface area contributed by atoms with E-state index >= 15 is 0 Å². The van der Waals surface area contributed by atoms with Gasteiger partial charge in [-0.25, -0.2) is 5.43 Å². The second-order valence-corrected chi connectivity index (χ2v) is 9.44. The Kier molecular flexibility index (Phi) is 10.2. The van der Waals surface area contributed by atoms with Crippen LogP contribution in [-0.4, -0.2) is 37.7 Å². The number of hydrogen-bond donors (Lipinski definition) is 3. The van der Waals surface area contributed by atoms with Gasteiger partial charge in [0, 0.05) is 11.4 Å². The lowest BCUT2D eigenvalue weighted by Crippen LogP contribution is -2.32. The number of hydrazone groups is 1. The molecule has 198 valence electrons. The molecular formula is C28H29IN4O5. The first-order valence-corrected chi connectivity index (χ1v) is 12.9. The Bertz CT molecular complexity index is 1370. The number of methoxy groups -OCH3 is 1. The highest BCUT2D eigenvalue weighted by molar-refractivity contribution is 14.1. The molecule has 0 fully saturated rings. The van der Waals surface area contributed by atoms with Crippen molar-refractivity contribution in [3.63, 3.8) is 0 Å². The van der Waals surface area contributed by atoms with Crippen LogP contribution in [0.25, 0.3) is 0 Å². The monoisotopic (exact) mass is 628 g/mol. The quantitative estimate of drug-likeness (QED) is 0.139. The number of hydrogen-bond acceptors (Lipinski definition) is 6. The number of nitrogens with zero attached hydrogens (tertiary/aromatic N) is 1. The number of halogens is 1. The maximum Gasteiger partial charge on any atom is 0.329 e. The predicted molar refractivity (Wildman–Crippen MR) is 156 cm³/mol. The van der Waals surface area contributed by atoms with Crippen molar-refractivity contribution in [1.82, 2.24) is 5.43 Å². The van der Waals surface area contributed by atoms with Crippen LogP contribution in [0.3, 0.4) is 0 Å². The molecule has 0 bridgehead atoms. The van der Waals surface area contributed by atoms with Crippen LogP contribution < -0.4 is 25.5 Å². The van der Waals surface area contributed by atoms with E-state index in [1.807, 2.05) is 51.1 Å². The summed E-state index contributed by atoms with van der Waals surface area (Å²) in [4.78, 5) is 36.9. The highest BCUT2D eigenvalue weighted by Crippen LogP contribution is 2.33. The zero-order valence-corrected chi connectivity index (χ0v) is 23.7. The largest absolute Gasteiger partial charge is 0.493 e. The first kappa shape index (κ1) is 28.6. The Morgan fingerprint density at radius 1 is 0.974 bits per heavy atom. The topological polar surface area (TPSA) is 118 Å². The third-order valence-corrected chi connectivity index (χ3v) is 6.51. The molecule has 0 saturated carbocycles. The molecule has 0 aliphatic rings. The standard InChI is InChI=1S/C28H29IN4O5/c1-5-20-10-6-7-11-23(20)32-27(35)28(36)33-30-15-19-13-21(29)26(24(14-19)37-4)38-16-25(34)31-22-12-8-9-17(2)18(22)3/h6-15H,5,16H2,1-4H3,(H,31,34)(H,32,35)(H,33,36)/b30-15-. The second kappa shape index (κ2) is 13.6. The minimum absolute atomic E-state index is 0.209. The number of benzene rings is 3. The summed E-state index contributed by atoms with van der Waals surface area (Å²) in [5.74, 6) is -1.23. The summed E-state index contributed by atoms with van der Waals surface area (Å²) in [7, 11) is 1.48. The van der Waals surface area contributed by atoms with E-state index in [9.17, 15) is 14.4 Å². The van der Waals surface area contributed by atoms with Gasteiger partial charge in [-0.05, 0) is 89.4 Å². The lowest BCUT2D eigenvalue weighted by atomic mass is 10.1. The fourth-order valence-corrected chi connectivity index (χ4v) is 4.29. The van der Waals surface area contributed by atoms with E-state index in [4.69, 9.17) is 9.47 Å². The zero-order valence-electron chi connectivity index (χ0n) is 21.6. The number of amides is 3. The molecule has 0 radical (unpaired) electrons. The van der Waals surface area contributed by atoms with Crippen LogP contribution in [0.15, 0.2) is 59.7 Å². The van der Waals surface area contributed by atoms with E-state index < -0.39 is 11.8 Å². The number of para-hydroxylation sites is 1. The van der Waals surface area contributed by atoms with E-state index in [-0.39, 0.29) is 12.5 Å². The van der Waals surface area contributed by atoms with Gasteiger partial charge in [0.1, 0.15) is 0 Å². The summed E-state index contributed by atoms with van der Waals surface area (Å²) >= 11 is 2.06. The smallest absolute Gasteiger partial charge is 0.329 e. The van der Waals surface area contributed by atoms with Crippen molar-refractivity contribution in [1.29, 1.82) is 0 Å². The van der Waals surface area contributed by atoms with Gasteiger partial charge in [0.25, 0.3) is 5.91 Å². The molecule has 9 nitrogen and oxygen atoms in total. The van der Waals surface area contributed by atoms with Gasteiger partial charge in [0.05, 0.1) is 16.9 Å². The Hall–Kier alpha value is -3.93. The molecule has 0 unspecified atom stereocenters. The predicted octanol–water partition coefficient (Wildman–Crippen LogP) is 4.59. The van der Waals surface area contributed by atoms with Crippen molar-refractivity contribution in [2.24, 2.45) is 5.10 Å². The summed E-state index contributed by atoms with van der Waals surface area (Å²) < 4.78 is 11.9. The van der Waals surface area contributed by atoms with Crippen LogP contribution in [0.4, 0.5) is 11.4 Å². The SMILES string of the molecule is CCc1ccccc1NC(=O)C(=O)N/N=C\c1cc(I)c(OCC(=O)Nc2cccc(C)c2C)c(OC)c1. The van der Waals surface area contributed by atoms with Crippen molar-refractivity contribution >= 4 is 57.9 Å². The van der Waals surface area contributed by atoms with Gasteiger partial charge >= 0.3 is 11.8 Å². The molecule has 0 heterocycles. The van der Waals surface area contributed by atoms with E-state index in [0.717, 1.165) is 22.4 Å². The van der Waals surface area contributed by atoms with Crippen molar-refractivity contribution < 1.29 is 23.9 Å². The highest BCUT2D eigenvalue weighted by Gasteiger charge is 2.16. The molecule has 38 heavy (non-hydrogen) atoms. The lowest BCUT2D eigenvalue weighted by molar-refractivity contribution is -0.136. The first-order valence-electron chi connectivity index (χ1n) is 11.8. The van der Waals surface area contributed by atoms with E-state index in [1.54, 1.807) is 24.3 Å². The number of aryl methyl sites for hydroxylation is 2. The van der Waals surface area contributed by atoms with Crippen LogP contribution >= 0.6 is 22.6 Å². The summed E-state index contributed by atoms with van der Waals surface area (Å²) in [6, 6.07) is 16.4. The van der Waals surface area contributed by atoms with Gasteiger partial charge in [-0.15, -0.1) is 0 Å². The average Bonchev–Trinajstić information content (AvgIpc) is 2.90. The van der Waals surface area contributed by atoms with Gasteiger partial charge in [-0.3, -0.25) is 14.4 Å². The molecule has 0 saturated heterocycles. The average molecular weight is 628 g/mol. The molecule has 0 aliphatic carbocycles.